The van der Waals surface area contributed by atoms with Crippen molar-refractivity contribution in [1.82, 2.24) is 14.3 Å². The van der Waals surface area contributed by atoms with Gasteiger partial charge in [0, 0.05) is 60.4 Å². The van der Waals surface area contributed by atoms with Crippen molar-refractivity contribution >= 4 is 34.5 Å². The Bertz CT molecular complexity index is 1280. The maximum atomic E-state index is 13.0. The number of rotatable bonds is 10. The molecule has 11 heteroatoms. The number of hydrogen-bond acceptors (Lipinski definition) is 8. The van der Waals surface area contributed by atoms with Gasteiger partial charge in [-0.15, -0.1) is 0 Å². The van der Waals surface area contributed by atoms with Crippen molar-refractivity contribution in [3.05, 3.63) is 60.4 Å². The first kappa shape index (κ1) is 23.6. The molecule has 0 spiro atoms. The fraction of sp³-hybridized carbons (Fsp3) is 0.217. The van der Waals surface area contributed by atoms with E-state index in [1.807, 2.05) is 12.1 Å². The van der Waals surface area contributed by atoms with Gasteiger partial charge in [0.15, 0.2) is 11.7 Å². The van der Waals surface area contributed by atoms with E-state index in [0.29, 0.717) is 46.8 Å². The van der Waals surface area contributed by atoms with Gasteiger partial charge in [0.25, 0.3) is 5.91 Å². The van der Waals surface area contributed by atoms with Crippen LogP contribution in [0.4, 0.5) is 5.82 Å². The molecule has 34 heavy (non-hydrogen) atoms. The fourth-order valence-corrected chi connectivity index (χ4v) is 3.72. The van der Waals surface area contributed by atoms with Crippen molar-refractivity contribution in [1.29, 1.82) is 0 Å². The lowest BCUT2D eigenvalue weighted by atomic mass is 10.1. The molecule has 10 nitrogen and oxygen atoms in total. The highest BCUT2D eigenvalue weighted by Crippen LogP contribution is 2.38. The Morgan fingerprint density at radius 2 is 1.94 bits per heavy atom. The molecule has 2 aromatic carbocycles. The fourth-order valence-electron chi connectivity index (χ4n) is 3.33. The van der Waals surface area contributed by atoms with E-state index in [2.05, 4.69) is 15.3 Å². The molecular formula is C23H24N4O6S. The molecule has 2 N–H and O–H groups in total. The van der Waals surface area contributed by atoms with Crippen LogP contribution < -0.4 is 10.1 Å². The average molecular weight is 485 g/mol. The van der Waals surface area contributed by atoms with Crippen LogP contribution in [0.3, 0.4) is 0 Å². The summed E-state index contributed by atoms with van der Waals surface area (Å²) >= 11 is 1.07. The molecule has 0 unspecified atom stereocenters. The van der Waals surface area contributed by atoms with Crippen LogP contribution >= 0.6 is 12.0 Å². The SMILES string of the molecule is COCCn1cc2c(Oc3ccc(SOOC)cc3)cc(C(=O)Nc3ccn(C)n3)cc2c1O. The summed E-state index contributed by atoms with van der Waals surface area (Å²) < 4.78 is 19.4. The zero-order chi connectivity index (χ0) is 24.1. The molecule has 0 radical (unpaired) electrons. The molecule has 0 saturated heterocycles. The first-order valence-corrected chi connectivity index (χ1v) is 11.0. The van der Waals surface area contributed by atoms with E-state index in [1.165, 1.54) is 7.11 Å². The number of hydrogen-bond donors (Lipinski definition) is 2. The lowest BCUT2D eigenvalue weighted by Crippen LogP contribution is -2.12. The Kier molecular flexibility index (Phi) is 7.38. The summed E-state index contributed by atoms with van der Waals surface area (Å²) in [6.07, 6.45) is 3.50. The van der Waals surface area contributed by atoms with Gasteiger partial charge in [-0.3, -0.25) is 9.48 Å². The third-order valence-electron chi connectivity index (χ3n) is 4.94. The van der Waals surface area contributed by atoms with Gasteiger partial charge in [-0.2, -0.15) is 9.43 Å². The van der Waals surface area contributed by atoms with E-state index in [1.54, 1.807) is 66.1 Å². The minimum absolute atomic E-state index is 0.0212. The smallest absolute Gasteiger partial charge is 0.257 e. The van der Waals surface area contributed by atoms with E-state index < -0.39 is 0 Å². The molecule has 1 amide bonds. The molecule has 2 aromatic heterocycles. The van der Waals surface area contributed by atoms with Crippen molar-refractivity contribution in [2.45, 2.75) is 11.4 Å². The second kappa shape index (κ2) is 10.6. The number of aromatic nitrogens is 3. The number of anilines is 1. The Hall–Kier alpha value is -3.51. The number of benzene rings is 2. The highest BCUT2D eigenvalue weighted by Gasteiger charge is 2.18. The second-order valence-corrected chi connectivity index (χ2v) is 8.07. The Morgan fingerprint density at radius 1 is 1.15 bits per heavy atom. The largest absolute Gasteiger partial charge is 0.494 e. The zero-order valence-corrected chi connectivity index (χ0v) is 19.7. The van der Waals surface area contributed by atoms with E-state index in [0.717, 1.165) is 16.9 Å². The molecule has 2 heterocycles. The van der Waals surface area contributed by atoms with Gasteiger partial charge in [0.05, 0.1) is 25.8 Å². The van der Waals surface area contributed by atoms with Crippen LogP contribution in [0, 0.1) is 0 Å². The first-order chi connectivity index (χ1) is 16.5. The number of fused-ring (bicyclic) bond motifs is 1. The van der Waals surface area contributed by atoms with Crippen LogP contribution in [-0.4, -0.2) is 46.2 Å². The number of aryl methyl sites for hydroxylation is 1. The predicted octanol–water partition coefficient (Wildman–Crippen LogP) is 4.36. The average Bonchev–Trinajstić information content (AvgIpc) is 3.39. The Morgan fingerprint density at radius 3 is 2.62 bits per heavy atom. The second-order valence-electron chi connectivity index (χ2n) is 7.29. The number of methoxy groups -OCH3 is 1. The van der Waals surface area contributed by atoms with E-state index in [4.69, 9.17) is 13.8 Å². The molecular weight excluding hydrogens is 460 g/mol. The summed E-state index contributed by atoms with van der Waals surface area (Å²) in [5.41, 5.74) is 0.314. The number of carbonyl (C=O) groups is 1. The summed E-state index contributed by atoms with van der Waals surface area (Å²) in [6.45, 7) is 0.859. The lowest BCUT2D eigenvalue weighted by Gasteiger charge is -2.10. The van der Waals surface area contributed by atoms with Crippen molar-refractivity contribution < 1.29 is 28.6 Å². The van der Waals surface area contributed by atoms with Crippen molar-refractivity contribution in [2.24, 2.45) is 7.05 Å². The predicted molar refractivity (Wildman–Crippen MR) is 127 cm³/mol. The lowest BCUT2D eigenvalue weighted by molar-refractivity contribution is -0.160. The molecule has 4 aromatic rings. The van der Waals surface area contributed by atoms with Gasteiger partial charge in [-0.25, -0.2) is 4.89 Å². The maximum Gasteiger partial charge on any atom is 0.257 e. The highest BCUT2D eigenvalue weighted by atomic mass is 32.2. The van der Waals surface area contributed by atoms with Gasteiger partial charge < -0.3 is 24.5 Å². The molecule has 178 valence electrons. The number of nitrogens with one attached hydrogen (secondary N) is 1. The summed E-state index contributed by atoms with van der Waals surface area (Å²) in [5.74, 6) is 1.03. The van der Waals surface area contributed by atoms with Crippen LogP contribution in [0.15, 0.2) is 59.8 Å². The molecule has 4 rings (SSSR count). The van der Waals surface area contributed by atoms with Crippen LogP contribution in [0.1, 0.15) is 10.4 Å². The number of amides is 1. The third kappa shape index (κ3) is 5.34. The standard InChI is InChI=1S/C23H24N4O6S/c1-26-9-8-21(25-26)24-22(28)15-12-18-19(14-27(23(18)29)10-11-30-2)20(13-15)32-16-4-6-17(7-5-16)34-33-31-3/h4-9,12-14,29H,10-11H2,1-3H3,(H,24,25,28). The van der Waals surface area contributed by atoms with Crippen LogP contribution in [0.25, 0.3) is 10.8 Å². The summed E-state index contributed by atoms with van der Waals surface area (Å²) in [5, 5.41) is 18.9. The molecule has 0 atom stereocenters. The summed E-state index contributed by atoms with van der Waals surface area (Å²) in [6, 6.07) is 12.1. The van der Waals surface area contributed by atoms with Crippen LogP contribution in [-0.2, 0) is 27.6 Å². The minimum atomic E-state index is -0.377. The Balaban J connectivity index is 1.69. The summed E-state index contributed by atoms with van der Waals surface area (Å²) in [4.78, 5) is 18.4. The quantitative estimate of drug-likeness (QED) is 0.194. The third-order valence-corrected chi connectivity index (χ3v) is 5.61. The molecule has 0 aliphatic heterocycles. The number of carbonyl (C=O) groups excluding carboxylic acids is 1. The minimum Gasteiger partial charge on any atom is -0.494 e. The number of nitrogens with zero attached hydrogens (tertiary/aromatic N) is 3. The normalized spacial score (nSPS) is 11.1. The maximum absolute atomic E-state index is 13.0. The van der Waals surface area contributed by atoms with Gasteiger partial charge in [-0.05, 0) is 36.4 Å². The van der Waals surface area contributed by atoms with Crippen LogP contribution in [0.2, 0.25) is 0 Å². The van der Waals surface area contributed by atoms with Gasteiger partial charge >= 0.3 is 0 Å². The monoisotopic (exact) mass is 484 g/mol. The topological polar surface area (TPSA) is 109 Å². The van der Waals surface area contributed by atoms with Gasteiger partial charge in [0.2, 0.25) is 0 Å². The molecule has 0 fully saturated rings. The zero-order valence-electron chi connectivity index (χ0n) is 18.8. The number of aromatic hydroxyl groups is 1. The van der Waals surface area contributed by atoms with E-state index >= 15 is 0 Å². The first-order valence-electron chi connectivity index (χ1n) is 10.3. The van der Waals surface area contributed by atoms with Crippen LogP contribution in [0.5, 0.6) is 17.4 Å². The molecule has 0 saturated carbocycles. The summed E-state index contributed by atoms with van der Waals surface area (Å²) in [7, 11) is 4.79. The Labute approximate surface area is 200 Å². The molecule has 0 aliphatic rings. The van der Waals surface area contributed by atoms with E-state index in [-0.39, 0.29) is 11.8 Å². The molecule has 0 aliphatic carbocycles. The van der Waals surface area contributed by atoms with Crippen molar-refractivity contribution in [2.75, 3.05) is 26.1 Å². The highest BCUT2D eigenvalue weighted by molar-refractivity contribution is 7.94. The van der Waals surface area contributed by atoms with E-state index in [9.17, 15) is 9.90 Å². The number of ether oxygens (including phenoxy) is 2. The van der Waals surface area contributed by atoms with Crippen molar-refractivity contribution in [3.63, 3.8) is 0 Å². The molecule has 0 bridgehead atoms. The van der Waals surface area contributed by atoms with Gasteiger partial charge in [-0.1, -0.05) is 0 Å². The van der Waals surface area contributed by atoms with Crippen molar-refractivity contribution in [3.8, 4) is 17.4 Å². The van der Waals surface area contributed by atoms with Gasteiger partial charge in [0.1, 0.15) is 11.5 Å².